The van der Waals surface area contributed by atoms with Gasteiger partial charge in [-0.15, -0.1) is 0 Å². The number of rotatable bonds is 6. The molecule has 0 radical (unpaired) electrons. The number of aromatic nitrogens is 4. The molecule has 2 aromatic heterocycles. The molecule has 1 aliphatic heterocycles. The molecule has 1 saturated heterocycles. The monoisotopic (exact) mass is 408 g/mol. The molecular weight excluding hydrogens is 380 g/mol. The third-order valence-electron chi connectivity index (χ3n) is 5.17. The number of nitrogens with one attached hydrogen (secondary N) is 1. The van der Waals surface area contributed by atoms with Crippen LogP contribution in [0, 0.1) is 19.8 Å². The van der Waals surface area contributed by atoms with Crippen molar-refractivity contribution in [3.63, 3.8) is 0 Å². The van der Waals surface area contributed by atoms with E-state index >= 15 is 0 Å². The molecule has 1 fully saturated rings. The molecule has 0 saturated carbocycles. The molecule has 9 nitrogen and oxygen atoms in total. The summed E-state index contributed by atoms with van der Waals surface area (Å²) in [5, 5.41) is 11.4. The van der Waals surface area contributed by atoms with E-state index in [1.54, 1.807) is 22.5 Å². The Hall–Kier alpha value is -2.20. The van der Waals surface area contributed by atoms with Gasteiger partial charge in [-0.1, -0.05) is 0 Å². The fourth-order valence-electron chi connectivity index (χ4n) is 3.58. The molecule has 0 bridgehead atoms. The maximum atomic E-state index is 13.1. The Labute approximate surface area is 165 Å². The van der Waals surface area contributed by atoms with E-state index in [9.17, 15) is 13.2 Å². The highest BCUT2D eigenvalue weighted by Gasteiger charge is 2.35. The summed E-state index contributed by atoms with van der Waals surface area (Å²) in [5.41, 5.74) is 2.32. The van der Waals surface area contributed by atoms with E-state index in [2.05, 4.69) is 15.5 Å². The van der Waals surface area contributed by atoms with E-state index < -0.39 is 10.0 Å². The van der Waals surface area contributed by atoms with E-state index in [1.807, 2.05) is 27.1 Å². The van der Waals surface area contributed by atoms with E-state index in [0.717, 1.165) is 11.3 Å². The fraction of sp³-hybridized carbons (Fsp3) is 0.611. The van der Waals surface area contributed by atoms with Crippen molar-refractivity contribution in [2.45, 2.75) is 51.6 Å². The summed E-state index contributed by atoms with van der Waals surface area (Å²) in [7, 11) is -1.82. The molecule has 1 aliphatic rings. The average Bonchev–Trinajstić information content (AvgIpc) is 3.21. The van der Waals surface area contributed by atoms with Gasteiger partial charge in [-0.25, -0.2) is 8.42 Å². The van der Waals surface area contributed by atoms with Crippen LogP contribution in [0.3, 0.4) is 0 Å². The first-order chi connectivity index (χ1) is 13.2. The van der Waals surface area contributed by atoms with Gasteiger partial charge in [-0.05, 0) is 33.6 Å². The van der Waals surface area contributed by atoms with Crippen LogP contribution in [0.4, 0.5) is 0 Å². The minimum atomic E-state index is -3.66. The lowest BCUT2D eigenvalue weighted by Crippen LogP contribution is -2.45. The van der Waals surface area contributed by atoms with Gasteiger partial charge in [0.05, 0.1) is 17.3 Å². The summed E-state index contributed by atoms with van der Waals surface area (Å²) in [6.45, 7) is 7.12. The minimum Gasteiger partial charge on any atom is -0.352 e. The summed E-state index contributed by atoms with van der Waals surface area (Å²) >= 11 is 0. The van der Waals surface area contributed by atoms with Gasteiger partial charge < -0.3 is 5.32 Å². The minimum absolute atomic E-state index is 0.121. The van der Waals surface area contributed by atoms with E-state index in [0.29, 0.717) is 38.2 Å². The standard InChI is InChI=1S/C18H28N6O3S/c1-5-23-12-17(14(3)21-23)28(26,27)24-8-6-7-15(11-24)18(25)19-9-16-10-22(4)20-13(16)2/h10,12,15H,5-9,11H2,1-4H3,(H,19,25)/t15-/m1/s1. The third-order valence-corrected chi connectivity index (χ3v) is 7.13. The Morgan fingerprint density at radius 3 is 2.61 bits per heavy atom. The number of sulfonamides is 1. The maximum absolute atomic E-state index is 13.1. The smallest absolute Gasteiger partial charge is 0.246 e. The van der Waals surface area contributed by atoms with Crippen LogP contribution < -0.4 is 5.32 Å². The van der Waals surface area contributed by atoms with Gasteiger partial charge in [0.1, 0.15) is 4.90 Å². The number of hydrogen-bond donors (Lipinski definition) is 1. The first-order valence-corrected chi connectivity index (χ1v) is 11.0. The van der Waals surface area contributed by atoms with Crippen molar-refractivity contribution in [2.75, 3.05) is 13.1 Å². The number of nitrogens with zero attached hydrogens (tertiary/aromatic N) is 5. The zero-order valence-electron chi connectivity index (χ0n) is 16.8. The van der Waals surface area contributed by atoms with Gasteiger partial charge in [0.2, 0.25) is 15.9 Å². The van der Waals surface area contributed by atoms with Crippen LogP contribution >= 0.6 is 0 Å². The summed E-state index contributed by atoms with van der Waals surface area (Å²) in [6.07, 6.45) is 4.78. The Kier molecular flexibility index (Phi) is 5.90. The zero-order valence-corrected chi connectivity index (χ0v) is 17.7. The number of carbonyl (C=O) groups excluding carboxylic acids is 1. The van der Waals surface area contributed by atoms with Crippen LogP contribution in [0.15, 0.2) is 17.3 Å². The number of aryl methyl sites for hydroxylation is 4. The number of hydrogen-bond acceptors (Lipinski definition) is 5. The molecule has 28 heavy (non-hydrogen) atoms. The zero-order chi connectivity index (χ0) is 20.5. The van der Waals surface area contributed by atoms with Gasteiger partial charge in [0.15, 0.2) is 0 Å². The molecule has 3 heterocycles. The summed E-state index contributed by atoms with van der Waals surface area (Å²) < 4.78 is 30.9. The second-order valence-corrected chi connectivity index (χ2v) is 9.17. The van der Waals surface area contributed by atoms with Crippen molar-refractivity contribution >= 4 is 15.9 Å². The molecule has 1 N–H and O–H groups in total. The maximum Gasteiger partial charge on any atom is 0.246 e. The highest BCUT2D eigenvalue weighted by atomic mass is 32.2. The molecule has 1 amide bonds. The molecule has 10 heteroatoms. The predicted octanol–water partition coefficient (Wildman–Crippen LogP) is 0.970. The number of carbonyl (C=O) groups is 1. The van der Waals surface area contributed by atoms with Crippen LogP contribution in [-0.4, -0.2) is 51.3 Å². The quantitative estimate of drug-likeness (QED) is 0.767. The highest BCUT2D eigenvalue weighted by molar-refractivity contribution is 7.89. The molecule has 1 atom stereocenters. The molecule has 3 rings (SSSR count). The van der Waals surface area contributed by atoms with Crippen molar-refractivity contribution in [3.05, 3.63) is 29.3 Å². The second kappa shape index (κ2) is 8.04. The van der Waals surface area contributed by atoms with Crippen molar-refractivity contribution in [1.29, 1.82) is 0 Å². The van der Waals surface area contributed by atoms with Crippen LogP contribution in [0.25, 0.3) is 0 Å². The molecule has 0 aliphatic carbocycles. The van der Waals surface area contributed by atoms with E-state index in [4.69, 9.17) is 0 Å². The Balaban J connectivity index is 1.68. The molecule has 0 aromatic carbocycles. The molecular formula is C18H28N6O3S. The first kappa shape index (κ1) is 20.5. The summed E-state index contributed by atoms with van der Waals surface area (Å²) in [5.74, 6) is -0.480. The topological polar surface area (TPSA) is 102 Å². The van der Waals surface area contributed by atoms with Gasteiger partial charge in [0, 0.05) is 51.2 Å². The molecule has 0 unspecified atom stereocenters. The fourth-order valence-corrected chi connectivity index (χ4v) is 5.27. The predicted molar refractivity (Wildman–Crippen MR) is 104 cm³/mol. The van der Waals surface area contributed by atoms with Crippen molar-refractivity contribution in [2.24, 2.45) is 13.0 Å². The third kappa shape index (κ3) is 4.12. The van der Waals surface area contributed by atoms with Gasteiger partial charge in [-0.2, -0.15) is 14.5 Å². The van der Waals surface area contributed by atoms with Crippen LogP contribution in [-0.2, 0) is 35.0 Å². The first-order valence-electron chi connectivity index (χ1n) is 9.53. The lowest BCUT2D eigenvalue weighted by atomic mass is 9.99. The van der Waals surface area contributed by atoms with Crippen molar-refractivity contribution in [1.82, 2.24) is 29.2 Å². The van der Waals surface area contributed by atoms with E-state index in [1.165, 1.54) is 4.31 Å². The second-order valence-electron chi connectivity index (χ2n) is 7.27. The summed E-state index contributed by atoms with van der Waals surface area (Å²) in [6, 6.07) is 0. The number of piperidine rings is 1. The van der Waals surface area contributed by atoms with Gasteiger partial charge in [0.25, 0.3) is 0 Å². The van der Waals surface area contributed by atoms with Gasteiger partial charge in [-0.3, -0.25) is 14.2 Å². The normalized spacial score (nSPS) is 18.4. The SMILES string of the molecule is CCn1cc(S(=O)(=O)N2CCC[C@@H](C(=O)NCc3cn(C)nc3C)C2)c(C)n1. The largest absolute Gasteiger partial charge is 0.352 e. The van der Waals surface area contributed by atoms with Crippen LogP contribution in [0.1, 0.15) is 36.7 Å². The van der Waals surface area contributed by atoms with E-state index in [-0.39, 0.29) is 23.3 Å². The summed E-state index contributed by atoms with van der Waals surface area (Å²) in [4.78, 5) is 12.9. The Bertz CT molecular complexity index is 962. The van der Waals surface area contributed by atoms with Gasteiger partial charge >= 0.3 is 0 Å². The van der Waals surface area contributed by atoms with Crippen molar-refractivity contribution in [3.8, 4) is 0 Å². The van der Waals surface area contributed by atoms with Crippen LogP contribution in [0.5, 0.6) is 0 Å². The highest BCUT2D eigenvalue weighted by Crippen LogP contribution is 2.25. The Morgan fingerprint density at radius 2 is 2.00 bits per heavy atom. The lowest BCUT2D eigenvalue weighted by molar-refractivity contribution is -0.126. The van der Waals surface area contributed by atoms with Crippen LogP contribution in [0.2, 0.25) is 0 Å². The molecule has 154 valence electrons. The van der Waals surface area contributed by atoms with Crippen molar-refractivity contribution < 1.29 is 13.2 Å². The lowest BCUT2D eigenvalue weighted by Gasteiger charge is -2.31. The average molecular weight is 409 g/mol. The Morgan fingerprint density at radius 1 is 1.25 bits per heavy atom. The molecule has 0 spiro atoms. The number of amides is 1. The molecule has 2 aromatic rings.